The van der Waals surface area contributed by atoms with E-state index in [0.717, 1.165) is 14.7 Å². The van der Waals surface area contributed by atoms with Crippen LogP contribution in [0.15, 0.2) is 12.1 Å². The number of Topliss-reactive ketones (excluding diaryl/α,β-unsaturated/α-hetero) is 1. The first-order valence-electron chi connectivity index (χ1n) is 3.80. The minimum Gasteiger partial charge on any atom is -0.294 e. The fraction of sp³-hybridized carbons (Fsp3) is 0.300. The fourth-order valence-electron chi connectivity index (χ4n) is 1.36. The molecule has 0 atom stereocenters. The van der Waals surface area contributed by atoms with Gasteiger partial charge in [0.05, 0.1) is 0 Å². The van der Waals surface area contributed by atoms with E-state index in [1.165, 1.54) is 5.56 Å². The molecule has 0 aliphatic carbocycles. The van der Waals surface area contributed by atoms with Crippen LogP contribution < -0.4 is 0 Å². The van der Waals surface area contributed by atoms with E-state index >= 15 is 0 Å². The van der Waals surface area contributed by atoms with E-state index in [1.807, 2.05) is 26.0 Å². The van der Waals surface area contributed by atoms with E-state index in [9.17, 15) is 4.79 Å². The van der Waals surface area contributed by atoms with Gasteiger partial charge in [-0.1, -0.05) is 6.07 Å². The third-order valence-corrected chi connectivity index (χ3v) is 2.63. The number of carbonyl (C=O) groups is 1. The van der Waals surface area contributed by atoms with E-state index in [1.54, 1.807) is 6.92 Å². The largest absolute Gasteiger partial charge is 0.294 e. The average molecular weight is 274 g/mol. The summed E-state index contributed by atoms with van der Waals surface area (Å²) in [5.74, 6) is 0.150. The first kappa shape index (κ1) is 9.71. The summed E-state index contributed by atoms with van der Waals surface area (Å²) in [7, 11) is 0. The van der Waals surface area contributed by atoms with E-state index < -0.39 is 0 Å². The standard InChI is InChI=1S/C10H11IO/c1-6-4-7(2)10(8(3)12)9(11)5-6/h4-5H,1-3H3. The lowest BCUT2D eigenvalue weighted by Gasteiger charge is -2.05. The quantitative estimate of drug-likeness (QED) is 0.568. The second kappa shape index (κ2) is 3.56. The van der Waals surface area contributed by atoms with Gasteiger partial charge in [-0.25, -0.2) is 0 Å². The molecule has 0 spiro atoms. The molecule has 1 aromatic carbocycles. The lowest BCUT2D eigenvalue weighted by Crippen LogP contribution is -2.00. The lowest BCUT2D eigenvalue weighted by molar-refractivity contribution is 0.101. The van der Waals surface area contributed by atoms with Crippen molar-refractivity contribution in [2.75, 3.05) is 0 Å². The molecule has 12 heavy (non-hydrogen) atoms. The summed E-state index contributed by atoms with van der Waals surface area (Å²) in [5, 5.41) is 0. The van der Waals surface area contributed by atoms with Crippen LogP contribution in [0.4, 0.5) is 0 Å². The summed E-state index contributed by atoms with van der Waals surface area (Å²) in [6, 6.07) is 4.07. The minimum atomic E-state index is 0.150. The third-order valence-electron chi connectivity index (χ3n) is 1.78. The van der Waals surface area contributed by atoms with Crippen LogP contribution in [0.25, 0.3) is 0 Å². The predicted molar refractivity (Wildman–Crippen MR) is 58.6 cm³/mol. The Hall–Kier alpha value is -0.380. The maximum atomic E-state index is 11.2. The van der Waals surface area contributed by atoms with Gasteiger partial charge in [0.2, 0.25) is 0 Å². The molecule has 0 bridgehead atoms. The summed E-state index contributed by atoms with van der Waals surface area (Å²) in [5.41, 5.74) is 3.15. The van der Waals surface area contributed by atoms with Gasteiger partial charge in [-0.15, -0.1) is 0 Å². The molecule has 0 N–H and O–H groups in total. The number of halogens is 1. The highest BCUT2D eigenvalue weighted by atomic mass is 127. The molecule has 2 heteroatoms. The highest BCUT2D eigenvalue weighted by molar-refractivity contribution is 14.1. The van der Waals surface area contributed by atoms with Crippen molar-refractivity contribution in [2.45, 2.75) is 20.8 Å². The molecule has 0 saturated carbocycles. The van der Waals surface area contributed by atoms with Crippen LogP contribution in [0.2, 0.25) is 0 Å². The fourth-order valence-corrected chi connectivity index (χ4v) is 2.66. The zero-order valence-electron chi connectivity index (χ0n) is 7.44. The Morgan fingerprint density at radius 2 is 1.92 bits per heavy atom. The summed E-state index contributed by atoms with van der Waals surface area (Å²) in [6.45, 7) is 5.63. The predicted octanol–water partition coefficient (Wildman–Crippen LogP) is 3.11. The van der Waals surface area contributed by atoms with Gasteiger partial charge in [-0.05, 0) is 60.6 Å². The Bertz CT molecular complexity index is 306. The Kier molecular flexibility index (Phi) is 2.88. The van der Waals surface area contributed by atoms with Crippen LogP contribution in [-0.4, -0.2) is 5.78 Å². The summed E-state index contributed by atoms with van der Waals surface area (Å²) >= 11 is 2.21. The zero-order chi connectivity index (χ0) is 9.30. The van der Waals surface area contributed by atoms with Crippen LogP contribution >= 0.6 is 22.6 Å². The highest BCUT2D eigenvalue weighted by Crippen LogP contribution is 2.19. The molecule has 1 aromatic rings. The van der Waals surface area contributed by atoms with Crippen molar-refractivity contribution in [3.8, 4) is 0 Å². The molecule has 64 valence electrons. The van der Waals surface area contributed by atoms with Crippen LogP contribution in [0, 0.1) is 17.4 Å². The van der Waals surface area contributed by atoms with Crippen LogP contribution in [-0.2, 0) is 0 Å². The number of hydrogen-bond acceptors (Lipinski definition) is 1. The molecule has 0 aliphatic rings. The van der Waals surface area contributed by atoms with Gasteiger partial charge in [0, 0.05) is 9.13 Å². The molecule has 1 rings (SSSR count). The highest BCUT2D eigenvalue weighted by Gasteiger charge is 2.08. The maximum Gasteiger partial charge on any atom is 0.161 e. The number of carbonyl (C=O) groups excluding carboxylic acids is 1. The van der Waals surface area contributed by atoms with E-state index in [0.29, 0.717) is 0 Å². The van der Waals surface area contributed by atoms with Gasteiger partial charge in [0.15, 0.2) is 5.78 Å². The number of rotatable bonds is 1. The van der Waals surface area contributed by atoms with Gasteiger partial charge in [0.1, 0.15) is 0 Å². The van der Waals surface area contributed by atoms with Crippen LogP contribution in [0.1, 0.15) is 28.4 Å². The summed E-state index contributed by atoms with van der Waals surface area (Å²) in [6.07, 6.45) is 0. The molecule has 0 aliphatic heterocycles. The molecule has 0 saturated heterocycles. The third kappa shape index (κ3) is 1.86. The first-order chi connectivity index (χ1) is 5.52. The van der Waals surface area contributed by atoms with Crippen molar-refractivity contribution in [1.29, 1.82) is 0 Å². The SMILES string of the molecule is CC(=O)c1c(C)cc(C)cc1I. The van der Waals surface area contributed by atoms with Crippen LogP contribution in [0.3, 0.4) is 0 Å². The zero-order valence-corrected chi connectivity index (χ0v) is 9.60. The van der Waals surface area contributed by atoms with Crippen molar-refractivity contribution in [2.24, 2.45) is 0 Å². The normalized spacial score (nSPS) is 10.0. The summed E-state index contributed by atoms with van der Waals surface area (Å²) in [4.78, 5) is 11.2. The topological polar surface area (TPSA) is 17.1 Å². The molecule has 0 aromatic heterocycles. The van der Waals surface area contributed by atoms with Crippen molar-refractivity contribution in [3.63, 3.8) is 0 Å². The number of ketones is 1. The van der Waals surface area contributed by atoms with Crippen molar-refractivity contribution >= 4 is 28.4 Å². The summed E-state index contributed by atoms with van der Waals surface area (Å²) < 4.78 is 1.05. The molecule has 0 fully saturated rings. The molecular formula is C10H11IO. The number of aryl methyl sites for hydroxylation is 2. The molecule has 0 unspecified atom stereocenters. The van der Waals surface area contributed by atoms with Gasteiger partial charge < -0.3 is 0 Å². The van der Waals surface area contributed by atoms with Gasteiger partial charge in [-0.2, -0.15) is 0 Å². The van der Waals surface area contributed by atoms with E-state index in [4.69, 9.17) is 0 Å². The molecular weight excluding hydrogens is 263 g/mol. The number of benzene rings is 1. The van der Waals surface area contributed by atoms with Gasteiger partial charge in [0.25, 0.3) is 0 Å². The smallest absolute Gasteiger partial charge is 0.161 e. The Morgan fingerprint density at radius 3 is 2.33 bits per heavy atom. The Morgan fingerprint density at radius 1 is 1.33 bits per heavy atom. The van der Waals surface area contributed by atoms with Gasteiger partial charge in [-0.3, -0.25) is 4.79 Å². The van der Waals surface area contributed by atoms with E-state index in [-0.39, 0.29) is 5.78 Å². The monoisotopic (exact) mass is 274 g/mol. The van der Waals surface area contributed by atoms with Crippen molar-refractivity contribution in [3.05, 3.63) is 32.4 Å². The van der Waals surface area contributed by atoms with Crippen LogP contribution in [0.5, 0.6) is 0 Å². The lowest BCUT2D eigenvalue weighted by atomic mass is 10.0. The number of hydrogen-bond donors (Lipinski definition) is 0. The average Bonchev–Trinajstić information content (AvgIpc) is 1.82. The van der Waals surface area contributed by atoms with E-state index in [2.05, 4.69) is 22.6 Å². The molecule has 0 amide bonds. The van der Waals surface area contributed by atoms with Crippen molar-refractivity contribution < 1.29 is 4.79 Å². The second-order valence-corrected chi connectivity index (χ2v) is 4.16. The molecule has 1 nitrogen and oxygen atoms in total. The molecule has 0 radical (unpaired) electrons. The maximum absolute atomic E-state index is 11.2. The molecule has 0 heterocycles. The second-order valence-electron chi connectivity index (χ2n) is 2.99. The first-order valence-corrected chi connectivity index (χ1v) is 4.88. The minimum absolute atomic E-state index is 0.150. The van der Waals surface area contributed by atoms with Crippen molar-refractivity contribution in [1.82, 2.24) is 0 Å². The Labute approximate surface area is 86.3 Å². The van der Waals surface area contributed by atoms with Gasteiger partial charge >= 0.3 is 0 Å². The Balaban J connectivity index is 3.38.